The van der Waals surface area contributed by atoms with E-state index in [0.29, 0.717) is 5.56 Å². The van der Waals surface area contributed by atoms with E-state index in [1.807, 2.05) is 13.0 Å². The van der Waals surface area contributed by atoms with Crippen molar-refractivity contribution < 1.29 is 14.6 Å². The van der Waals surface area contributed by atoms with Crippen molar-refractivity contribution in [2.75, 3.05) is 0 Å². The second-order valence-corrected chi connectivity index (χ2v) is 3.66. The number of rotatable bonds is 1. The molecule has 1 atom stereocenters. The molecular formula is C11H12O3. The Bertz CT molecular complexity index is 396. The van der Waals surface area contributed by atoms with E-state index in [0.717, 1.165) is 23.3 Å². The van der Waals surface area contributed by atoms with Gasteiger partial charge in [0.25, 0.3) is 0 Å². The van der Waals surface area contributed by atoms with Crippen molar-refractivity contribution in [3.63, 3.8) is 0 Å². The number of ether oxygens (including phenoxy) is 1. The van der Waals surface area contributed by atoms with Gasteiger partial charge in [0.1, 0.15) is 11.9 Å². The number of aromatic carboxylic acids is 1. The predicted octanol–water partition coefficient (Wildman–Crippen LogP) is 2.02. The number of benzene rings is 1. The van der Waals surface area contributed by atoms with Gasteiger partial charge in [0.15, 0.2) is 0 Å². The van der Waals surface area contributed by atoms with Crippen LogP contribution in [-0.4, -0.2) is 17.2 Å². The van der Waals surface area contributed by atoms with E-state index in [4.69, 9.17) is 9.84 Å². The molecule has 1 aromatic rings. The molecule has 0 spiro atoms. The maximum Gasteiger partial charge on any atom is 0.336 e. The van der Waals surface area contributed by atoms with Gasteiger partial charge >= 0.3 is 5.97 Å². The van der Waals surface area contributed by atoms with Crippen LogP contribution in [0.1, 0.15) is 28.4 Å². The zero-order chi connectivity index (χ0) is 10.3. The lowest BCUT2D eigenvalue weighted by Gasteiger charge is -2.07. The number of carboxylic acids is 1. The summed E-state index contributed by atoms with van der Waals surface area (Å²) in [6.45, 7) is 3.78. The molecule has 0 aromatic heterocycles. The first-order valence-corrected chi connectivity index (χ1v) is 4.62. The Morgan fingerprint density at radius 3 is 2.93 bits per heavy atom. The highest BCUT2D eigenvalue weighted by molar-refractivity contribution is 5.90. The Morgan fingerprint density at radius 1 is 1.57 bits per heavy atom. The van der Waals surface area contributed by atoms with E-state index < -0.39 is 5.97 Å². The smallest absolute Gasteiger partial charge is 0.336 e. The first kappa shape index (κ1) is 9.06. The van der Waals surface area contributed by atoms with Crippen LogP contribution >= 0.6 is 0 Å². The van der Waals surface area contributed by atoms with Crippen molar-refractivity contribution in [1.29, 1.82) is 0 Å². The quantitative estimate of drug-likeness (QED) is 0.740. The highest BCUT2D eigenvalue weighted by atomic mass is 16.5. The number of hydrogen-bond acceptors (Lipinski definition) is 2. The molecule has 3 heteroatoms. The maximum atomic E-state index is 10.8. The van der Waals surface area contributed by atoms with Crippen LogP contribution < -0.4 is 4.74 Å². The first-order chi connectivity index (χ1) is 6.59. The summed E-state index contributed by atoms with van der Waals surface area (Å²) >= 11 is 0. The molecule has 1 aliphatic heterocycles. The number of hydrogen-bond donors (Lipinski definition) is 1. The third kappa shape index (κ3) is 1.25. The molecule has 14 heavy (non-hydrogen) atoms. The molecule has 2 rings (SSSR count). The summed E-state index contributed by atoms with van der Waals surface area (Å²) in [7, 11) is 0. The largest absolute Gasteiger partial charge is 0.490 e. The molecule has 0 unspecified atom stereocenters. The number of carboxylic acid groups (broad SMARTS) is 1. The van der Waals surface area contributed by atoms with Crippen molar-refractivity contribution in [2.24, 2.45) is 0 Å². The van der Waals surface area contributed by atoms with Crippen LogP contribution in [0.3, 0.4) is 0 Å². The molecule has 0 saturated carbocycles. The fraction of sp³-hybridized carbons (Fsp3) is 0.364. The van der Waals surface area contributed by atoms with E-state index in [9.17, 15) is 4.79 Å². The van der Waals surface area contributed by atoms with Crippen LogP contribution in [0, 0.1) is 6.92 Å². The highest BCUT2D eigenvalue weighted by Gasteiger charge is 2.23. The van der Waals surface area contributed by atoms with Gasteiger partial charge in [-0.05, 0) is 25.5 Å². The lowest BCUT2D eigenvalue weighted by Crippen LogP contribution is -2.06. The number of fused-ring (bicyclic) bond motifs is 1. The number of carbonyl (C=O) groups is 1. The second-order valence-electron chi connectivity index (χ2n) is 3.66. The zero-order valence-corrected chi connectivity index (χ0v) is 8.20. The third-order valence-corrected chi connectivity index (χ3v) is 2.54. The van der Waals surface area contributed by atoms with Gasteiger partial charge in [-0.2, -0.15) is 0 Å². The molecular weight excluding hydrogens is 180 g/mol. The van der Waals surface area contributed by atoms with Crippen LogP contribution in [0.4, 0.5) is 0 Å². The van der Waals surface area contributed by atoms with Crippen LogP contribution in [-0.2, 0) is 6.42 Å². The molecule has 0 aliphatic carbocycles. The van der Waals surface area contributed by atoms with Crippen LogP contribution in [0.5, 0.6) is 5.75 Å². The van der Waals surface area contributed by atoms with Gasteiger partial charge in [0, 0.05) is 12.0 Å². The Hall–Kier alpha value is -1.51. The minimum absolute atomic E-state index is 0.160. The Kier molecular flexibility index (Phi) is 1.95. The molecule has 3 nitrogen and oxygen atoms in total. The Labute approximate surface area is 82.3 Å². The topological polar surface area (TPSA) is 46.5 Å². The third-order valence-electron chi connectivity index (χ3n) is 2.54. The molecule has 1 aliphatic rings. The maximum absolute atomic E-state index is 10.8. The molecule has 0 radical (unpaired) electrons. The fourth-order valence-corrected chi connectivity index (χ4v) is 1.86. The second kappa shape index (κ2) is 3.01. The summed E-state index contributed by atoms with van der Waals surface area (Å²) in [6, 6.07) is 3.49. The Balaban J connectivity index is 2.53. The van der Waals surface area contributed by atoms with Gasteiger partial charge in [-0.25, -0.2) is 4.79 Å². The average molecular weight is 192 g/mol. The van der Waals surface area contributed by atoms with Crippen LogP contribution in [0.15, 0.2) is 12.1 Å². The summed E-state index contributed by atoms with van der Waals surface area (Å²) < 4.78 is 5.57. The van der Waals surface area contributed by atoms with Crippen LogP contribution in [0.25, 0.3) is 0 Å². The monoisotopic (exact) mass is 192 g/mol. The lowest BCUT2D eigenvalue weighted by molar-refractivity contribution is 0.0695. The van der Waals surface area contributed by atoms with Crippen molar-refractivity contribution in [3.8, 4) is 5.75 Å². The summed E-state index contributed by atoms with van der Waals surface area (Å²) in [5, 5.41) is 8.91. The van der Waals surface area contributed by atoms with Gasteiger partial charge in [0.05, 0.1) is 5.56 Å². The highest BCUT2D eigenvalue weighted by Crippen LogP contribution is 2.33. The summed E-state index contributed by atoms with van der Waals surface area (Å²) in [4.78, 5) is 10.8. The van der Waals surface area contributed by atoms with Crippen LogP contribution in [0.2, 0.25) is 0 Å². The minimum Gasteiger partial charge on any atom is -0.490 e. The van der Waals surface area contributed by atoms with Crippen molar-refractivity contribution >= 4 is 5.97 Å². The van der Waals surface area contributed by atoms with Gasteiger partial charge in [-0.1, -0.05) is 6.07 Å². The standard InChI is InChI=1S/C11H12O3/c1-6-5-8-3-4-9(11(12)13)7(2)10(8)14-6/h3-4,6H,5H2,1-2H3,(H,12,13)/t6-/m1/s1. The van der Waals surface area contributed by atoms with Gasteiger partial charge in [-0.15, -0.1) is 0 Å². The van der Waals surface area contributed by atoms with E-state index in [-0.39, 0.29) is 6.10 Å². The fourth-order valence-electron chi connectivity index (χ4n) is 1.86. The summed E-state index contributed by atoms with van der Waals surface area (Å²) in [5.41, 5.74) is 2.18. The molecule has 0 fully saturated rings. The summed E-state index contributed by atoms with van der Waals surface area (Å²) in [6.07, 6.45) is 1.03. The SMILES string of the molecule is Cc1c(C(=O)O)ccc2c1O[C@H](C)C2. The Morgan fingerprint density at radius 2 is 2.29 bits per heavy atom. The lowest BCUT2D eigenvalue weighted by atomic mass is 10.0. The average Bonchev–Trinajstić information content (AvgIpc) is 2.46. The van der Waals surface area contributed by atoms with E-state index in [1.165, 1.54) is 0 Å². The zero-order valence-electron chi connectivity index (χ0n) is 8.20. The molecule has 1 aromatic carbocycles. The molecule has 0 saturated heterocycles. The minimum atomic E-state index is -0.895. The molecule has 0 bridgehead atoms. The van der Waals surface area contributed by atoms with Crippen molar-refractivity contribution in [1.82, 2.24) is 0 Å². The van der Waals surface area contributed by atoms with Crippen molar-refractivity contribution in [2.45, 2.75) is 26.4 Å². The summed E-state index contributed by atoms with van der Waals surface area (Å²) in [5.74, 6) is -0.133. The predicted molar refractivity (Wildman–Crippen MR) is 51.9 cm³/mol. The van der Waals surface area contributed by atoms with Gasteiger partial charge in [0.2, 0.25) is 0 Å². The van der Waals surface area contributed by atoms with Gasteiger partial charge in [-0.3, -0.25) is 0 Å². The normalized spacial score (nSPS) is 18.9. The van der Waals surface area contributed by atoms with Gasteiger partial charge < -0.3 is 9.84 Å². The van der Waals surface area contributed by atoms with E-state index in [2.05, 4.69) is 0 Å². The van der Waals surface area contributed by atoms with E-state index in [1.54, 1.807) is 13.0 Å². The van der Waals surface area contributed by atoms with E-state index >= 15 is 0 Å². The van der Waals surface area contributed by atoms with Crippen molar-refractivity contribution in [3.05, 3.63) is 28.8 Å². The molecule has 1 N–H and O–H groups in total. The first-order valence-electron chi connectivity index (χ1n) is 4.62. The molecule has 0 amide bonds. The molecule has 74 valence electrons. The molecule has 1 heterocycles.